The van der Waals surface area contributed by atoms with E-state index in [1.165, 1.54) is 6.08 Å². The van der Waals surface area contributed by atoms with Crippen molar-refractivity contribution in [2.75, 3.05) is 18.6 Å². The minimum absolute atomic E-state index is 0.116. The Morgan fingerprint density at radius 2 is 2.15 bits per heavy atom. The number of carbonyl (C=O) groups is 2. The van der Waals surface area contributed by atoms with Crippen LogP contribution in [-0.4, -0.2) is 31.4 Å². The first-order chi connectivity index (χ1) is 9.69. The van der Waals surface area contributed by atoms with Crippen molar-refractivity contribution in [1.29, 1.82) is 0 Å². The highest BCUT2D eigenvalue weighted by molar-refractivity contribution is 6.23. The lowest BCUT2D eigenvalue weighted by atomic mass is 10.2. The fraction of sp³-hybridized carbons (Fsp3) is 0.214. The number of ether oxygens (including phenoxy) is 2. The Bertz CT molecular complexity index is 512. The van der Waals surface area contributed by atoms with E-state index in [2.05, 4.69) is 28.1 Å². The summed E-state index contributed by atoms with van der Waals surface area (Å²) < 4.78 is 9.56. The normalized spacial score (nSPS) is 9.65. The zero-order valence-electron chi connectivity index (χ0n) is 11.1. The van der Waals surface area contributed by atoms with Crippen LogP contribution in [0.4, 0.5) is 5.69 Å². The third-order valence-electron chi connectivity index (χ3n) is 2.08. The van der Waals surface area contributed by atoms with Crippen LogP contribution in [0, 0.1) is 0 Å². The number of rotatable bonds is 7. The first-order valence-corrected chi connectivity index (χ1v) is 5.94. The van der Waals surface area contributed by atoms with Crippen molar-refractivity contribution in [1.82, 2.24) is 0 Å². The number of nitrogens with one attached hydrogen (secondary N) is 1. The van der Waals surface area contributed by atoms with Gasteiger partial charge in [0.1, 0.15) is 6.61 Å². The Hall–Kier alpha value is -2.72. The highest BCUT2D eigenvalue weighted by atomic mass is 16.5. The molecule has 0 unspecified atom stereocenters. The van der Waals surface area contributed by atoms with Gasteiger partial charge in [-0.3, -0.25) is 0 Å². The molecule has 1 N–H and O–H groups in total. The summed E-state index contributed by atoms with van der Waals surface area (Å²) in [6.45, 7) is 5.50. The Balaban J connectivity index is 2.72. The van der Waals surface area contributed by atoms with Crippen molar-refractivity contribution < 1.29 is 19.1 Å². The third-order valence-corrected chi connectivity index (χ3v) is 2.08. The summed E-state index contributed by atoms with van der Waals surface area (Å²) in [7, 11) is 0. The van der Waals surface area contributed by atoms with Crippen LogP contribution in [0.5, 0.6) is 0 Å². The zero-order chi connectivity index (χ0) is 14.8. The molecule has 0 saturated heterocycles. The van der Waals surface area contributed by atoms with Gasteiger partial charge in [0, 0.05) is 0 Å². The second kappa shape index (κ2) is 8.39. The van der Waals surface area contributed by atoms with Gasteiger partial charge in [0.25, 0.3) is 0 Å². The van der Waals surface area contributed by atoms with E-state index in [4.69, 9.17) is 4.74 Å². The van der Waals surface area contributed by atoms with Crippen molar-refractivity contribution >= 4 is 23.8 Å². The van der Waals surface area contributed by atoms with Crippen LogP contribution in [0.3, 0.4) is 0 Å². The average Bonchev–Trinajstić information content (AvgIpc) is 2.45. The van der Waals surface area contributed by atoms with Gasteiger partial charge in [0.15, 0.2) is 0 Å². The van der Waals surface area contributed by atoms with E-state index in [1.807, 2.05) is 0 Å². The molecule has 0 heterocycles. The van der Waals surface area contributed by atoms with Crippen LogP contribution in [0.15, 0.2) is 42.0 Å². The molecule has 0 aromatic heterocycles. The van der Waals surface area contributed by atoms with E-state index in [-0.39, 0.29) is 13.2 Å². The summed E-state index contributed by atoms with van der Waals surface area (Å²) >= 11 is 0. The van der Waals surface area contributed by atoms with Gasteiger partial charge in [-0.05, 0) is 19.1 Å². The minimum atomic E-state index is -0.688. The van der Waals surface area contributed by atoms with Crippen molar-refractivity contribution in [3.05, 3.63) is 42.5 Å². The van der Waals surface area contributed by atoms with E-state index >= 15 is 0 Å². The molecular weight excluding hydrogens is 260 g/mol. The van der Waals surface area contributed by atoms with Crippen LogP contribution in [0.25, 0.3) is 0 Å². The van der Waals surface area contributed by atoms with Crippen LogP contribution >= 0.6 is 0 Å². The Kier molecular flexibility index (Phi) is 6.44. The van der Waals surface area contributed by atoms with Gasteiger partial charge in [-0.2, -0.15) is 4.79 Å². The predicted octanol–water partition coefficient (Wildman–Crippen LogP) is 1.87. The molecule has 0 atom stereocenters. The molecule has 0 spiro atoms. The van der Waals surface area contributed by atoms with Crippen molar-refractivity contribution in [2.24, 2.45) is 5.10 Å². The van der Waals surface area contributed by atoms with Gasteiger partial charge in [0.2, 0.25) is 0 Å². The SMILES string of the molecule is C=CCOC(=O)c1ccccc1NN=[C+]C(=O)OCC. The first kappa shape index (κ1) is 15.3. The molecule has 6 heteroatoms. The number of nitrogens with zero attached hydrogens (tertiary/aromatic N) is 1. The van der Waals surface area contributed by atoms with Crippen molar-refractivity contribution in [3.8, 4) is 0 Å². The maximum atomic E-state index is 11.8. The summed E-state index contributed by atoms with van der Waals surface area (Å²) in [6.07, 6.45) is 3.60. The van der Waals surface area contributed by atoms with Gasteiger partial charge in [0.05, 0.1) is 23.0 Å². The molecule has 0 amide bonds. The lowest BCUT2D eigenvalue weighted by Gasteiger charge is -2.05. The third kappa shape index (κ3) is 4.88. The summed E-state index contributed by atoms with van der Waals surface area (Å²) in [5.41, 5.74) is 3.24. The number of hydrogen-bond acceptors (Lipinski definition) is 6. The number of para-hydroxylation sites is 1. The minimum Gasteiger partial charge on any atom is -0.458 e. The second-order valence-electron chi connectivity index (χ2n) is 3.49. The lowest BCUT2D eigenvalue weighted by molar-refractivity contribution is -0.134. The van der Waals surface area contributed by atoms with E-state index < -0.39 is 11.9 Å². The summed E-state index contributed by atoms with van der Waals surface area (Å²) in [4.78, 5) is 22.8. The molecule has 0 radical (unpaired) electrons. The van der Waals surface area contributed by atoms with Crippen LogP contribution in [0.1, 0.15) is 17.3 Å². The number of hydrazone groups is 1. The number of anilines is 1. The molecule has 1 rings (SSSR count). The Morgan fingerprint density at radius 3 is 2.85 bits per heavy atom. The highest BCUT2D eigenvalue weighted by Crippen LogP contribution is 2.16. The predicted molar refractivity (Wildman–Crippen MR) is 74.6 cm³/mol. The average molecular weight is 275 g/mol. The molecule has 20 heavy (non-hydrogen) atoms. The van der Waals surface area contributed by atoms with Crippen LogP contribution in [0.2, 0.25) is 0 Å². The fourth-order valence-electron chi connectivity index (χ4n) is 1.27. The first-order valence-electron chi connectivity index (χ1n) is 5.94. The van der Waals surface area contributed by atoms with Gasteiger partial charge in [-0.1, -0.05) is 24.8 Å². The Labute approximate surface area is 117 Å². The van der Waals surface area contributed by atoms with E-state index in [0.29, 0.717) is 11.3 Å². The molecule has 0 aliphatic rings. The second-order valence-corrected chi connectivity index (χ2v) is 3.49. The number of carbonyl (C=O) groups excluding carboxylic acids is 2. The maximum Gasteiger partial charge on any atom is 0.619 e. The molecular formula is C14H15N2O4+. The van der Waals surface area contributed by atoms with Crippen molar-refractivity contribution in [3.63, 3.8) is 0 Å². The van der Waals surface area contributed by atoms with Gasteiger partial charge in [-0.15, -0.1) is 0 Å². The topological polar surface area (TPSA) is 77.0 Å². The zero-order valence-corrected chi connectivity index (χ0v) is 11.1. The molecule has 0 bridgehead atoms. The van der Waals surface area contributed by atoms with Gasteiger partial charge in [-0.25, -0.2) is 10.2 Å². The molecule has 0 fully saturated rings. The number of hydrogen-bond donors (Lipinski definition) is 1. The molecule has 0 saturated carbocycles. The molecule has 1 aromatic carbocycles. The molecule has 1 aromatic rings. The highest BCUT2D eigenvalue weighted by Gasteiger charge is 2.17. The lowest BCUT2D eigenvalue weighted by Crippen LogP contribution is -2.09. The molecule has 0 aliphatic carbocycles. The molecule has 0 aliphatic heterocycles. The van der Waals surface area contributed by atoms with E-state index in [1.54, 1.807) is 31.2 Å². The smallest absolute Gasteiger partial charge is 0.458 e. The van der Waals surface area contributed by atoms with E-state index in [9.17, 15) is 9.59 Å². The summed E-state index contributed by atoms with van der Waals surface area (Å²) in [5.74, 6) is -1.20. The fourth-order valence-corrected chi connectivity index (χ4v) is 1.27. The monoisotopic (exact) mass is 275 g/mol. The van der Waals surface area contributed by atoms with Gasteiger partial charge >= 0.3 is 18.2 Å². The molecule has 104 valence electrons. The van der Waals surface area contributed by atoms with Crippen molar-refractivity contribution in [2.45, 2.75) is 6.92 Å². The number of benzene rings is 1. The van der Waals surface area contributed by atoms with Gasteiger partial charge < -0.3 is 9.47 Å². The standard InChI is InChI=1S/C14H14N2O4/c1-3-9-20-14(18)11-7-5-6-8-12(11)16-15-10-13(17)19-4-2/h3,5-8H,1,4,9H2,2H3/p+1. The number of esters is 2. The maximum absolute atomic E-state index is 11.8. The van der Waals surface area contributed by atoms with Crippen LogP contribution < -0.4 is 5.43 Å². The summed E-state index contributed by atoms with van der Waals surface area (Å²) in [5, 5.41) is 3.58. The summed E-state index contributed by atoms with van der Waals surface area (Å²) in [6, 6.07) is 6.61. The van der Waals surface area contributed by atoms with Crippen LogP contribution in [-0.2, 0) is 14.3 Å². The Morgan fingerprint density at radius 1 is 1.40 bits per heavy atom. The largest absolute Gasteiger partial charge is 0.619 e. The quantitative estimate of drug-likeness (QED) is 0.270. The molecule has 6 nitrogen and oxygen atoms in total. The van der Waals surface area contributed by atoms with E-state index in [0.717, 1.165) is 0 Å².